The minimum atomic E-state index is 0.618. The van der Waals surface area contributed by atoms with Crippen LogP contribution in [0.2, 0.25) is 0 Å². The van der Waals surface area contributed by atoms with E-state index in [-0.39, 0.29) is 0 Å². The van der Waals surface area contributed by atoms with Gasteiger partial charge in [0.15, 0.2) is 0 Å². The minimum absolute atomic E-state index is 0.618. The SMILES string of the molecule is Brc1cccc(Br)c1OCC1CCOCC1. The second-order valence-electron chi connectivity index (χ2n) is 3.92. The van der Waals surface area contributed by atoms with E-state index in [0.717, 1.165) is 47.4 Å². The number of hydrogen-bond donors (Lipinski definition) is 0. The number of benzene rings is 1. The molecule has 0 aromatic heterocycles. The van der Waals surface area contributed by atoms with Crippen molar-refractivity contribution in [1.29, 1.82) is 0 Å². The monoisotopic (exact) mass is 348 g/mol. The second kappa shape index (κ2) is 6.03. The van der Waals surface area contributed by atoms with Crippen LogP contribution in [0.3, 0.4) is 0 Å². The Kier molecular flexibility index (Phi) is 4.67. The predicted octanol–water partition coefficient (Wildman–Crippen LogP) is 4.02. The Hall–Kier alpha value is -0.0600. The van der Waals surface area contributed by atoms with Crippen molar-refractivity contribution in [3.8, 4) is 5.75 Å². The van der Waals surface area contributed by atoms with E-state index >= 15 is 0 Å². The smallest absolute Gasteiger partial charge is 0.147 e. The highest BCUT2D eigenvalue weighted by Crippen LogP contribution is 2.33. The number of halogens is 2. The van der Waals surface area contributed by atoms with Crippen molar-refractivity contribution >= 4 is 31.9 Å². The second-order valence-corrected chi connectivity index (χ2v) is 5.63. The molecule has 4 heteroatoms. The predicted molar refractivity (Wildman–Crippen MR) is 70.9 cm³/mol. The molecule has 0 spiro atoms. The highest BCUT2D eigenvalue weighted by molar-refractivity contribution is 9.11. The Morgan fingerprint density at radius 1 is 1.19 bits per heavy atom. The Morgan fingerprint density at radius 2 is 1.81 bits per heavy atom. The molecule has 1 fully saturated rings. The third kappa shape index (κ3) is 3.22. The molecule has 0 N–H and O–H groups in total. The number of ether oxygens (including phenoxy) is 2. The number of hydrogen-bond acceptors (Lipinski definition) is 2. The summed E-state index contributed by atoms with van der Waals surface area (Å²) in [6.07, 6.45) is 2.20. The maximum Gasteiger partial charge on any atom is 0.147 e. The van der Waals surface area contributed by atoms with Crippen molar-refractivity contribution in [2.24, 2.45) is 5.92 Å². The maximum atomic E-state index is 5.86. The molecule has 1 saturated heterocycles. The minimum Gasteiger partial charge on any atom is -0.491 e. The molecular weight excluding hydrogens is 336 g/mol. The summed E-state index contributed by atoms with van der Waals surface area (Å²) in [5.74, 6) is 1.52. The van der Waals surface area contributed by atoms with Crippen LogP contribution in [0.25, 0.3) is 0 Å². The van der Waals surface area contributed by atoms with Gasteiger partial charge in [0.25, 0.3) is 0 Å². The summed E-state index contributed by atoms with van der Waals surface area (Å²) in [5.41, 5.74) is 0. The summed E-state index contributed by atoms with van der Waals surface area (Å²) in [7, 11) is 0. The third-order valence-corrected chi connectivity index (χ3v) is 3.97. The van der Waals surface area contributed by atoms with Crippen LogP contribution in [0.15, 0.2) is 27.1 Å². The topological polar surface area (TPSA) is 18.5 Å². The third-order valence-electron chi connectivity index (χ3n) is 2.72. The molecule has 0 amide bonds. The van der Waals surface area contributed by atoms with Crippen LogP contribution < -0.4 is 4.74 Å². The van der Waals surface area contributed by atoms with Crippen LogP contribution in [0, 0.1) is 5.92 Å². The van der Waals surface area contributed by atoms with Gasteiger partial charge in [-0.25, -0.2) is 0 Å². The van der Waals surface area contributed by atoms with Gasteiger partial charge in [-0.05, 0) is 62.8 Å². The van der Waals surface area contributed by atoms with E-state index in [2.05, 4.69) is 31.9 Å². The fourth-order valence-electron chi connectivity index (χ4n) is 1.73. The van der Waals surface area contributed by atoms with Gasteiger partial charge in [-0.2, -0.15) is 0 Å². The van der Waals surface area contributed by atoms with Crippen molar-refractivity contribution in [2.75, 3.05) is 19.8 Å². The van der Waals surface area contributed by atoms with Crippen molar-refractivity contribution in [3.63, 3.8) is 0 Å². The van der Waals surface area contributed by atoms with Crippen LogP contribution in [-0.2, 0) is 4.74 Å². The summed E-state index contributed by atoms with van der Waals surface area (Å²) in [5, 5.41) is 0. The van der Waals surface area contributed by atoms with Gasteiger partial charge in [-0.3, -0.25) is 0 Å². The highest BCUT2D eigenvalue weighted by Gasteiger charge is 2.15. The zero-order chi connectivity index (χ0) is 11.4. The van der Waals surface area contributed by atoms with Crippen LogP contribution >= 0.6 is 31.9 Å². The lowest BCUT2D eigenvalue weighted by Gasteiger charge is -2.22. The van der Waals surface area contributed by atoms with E-state index in [1.165, 1.54) is 0 Å². The molecule has 1 aromatic rings. The molecule has 88 valence electrons. The van der Waals surface area contributed by atoms with Gasteiger partial charge in [0, 0.05) is 13.2 Å². The Morgan fingerprint density at radius 3 is 2.44 bits per heavy atom. The Balaban J connectivity index is 1.93. The van der Waals surface area contributed by atoms with Gasteiger partial charge >= 0.3 is 0 Å². The molecule has 0 unspecified atom stereocenters. The van der Waals surface area contributed by atoms with E-state index in [1.54, 1.807) is 0 Å². The molecule has 16 heavy (non-hydrogen) atoms. The first-order chi connectivity index (χ1) is 7.77. The molecule has 1 aliphatic heterocycles. The first kappa shape index (κ1) is 12.4. The largest absolute Gasteiger partial charge is 0.491 e. The number of rotatable bonds is 3. The average Bonchev–Trinajstić information content (AvgIpc) is 2.30. The van der Waals surface area contributed by atoms with E-state index in [1.807, 2.05) is 18.2 Å². The summed E-state index contributed by atoms with van der Waals surface area (Å²) < 4.78 is 13.2. The summed E-state index contributed by atoms with van der Waals surface area (Å²) in [6.45, 7) is 2.50. The molecule has 1 aliphatic rings. The van der Waals surface area contributed by atoms with Crippen LogP contribution in [-0.4, -0.2) is 19.8 Å². The molecule has 2 nitrogen and oxygen atoms in total. The maximum absolute atomic E-state index is 5.86. The summed E-state index contributed by atoms with van der Waals surface area (Å²) >= 11 is 6.98. The molecule has 2 rings (SSSR count). The highest BCUT2D eigenvalue weighted by atomic mass is 79.9. The lowest BCUT2D eigenvalue weighted by molar-refractivity contribution is 0.0495. The van der Waals surface area contributed by atoms with Gasteiger partial charge in [-0.15, -0.1) is 0 Å². The molecule has 0 radical (unpaired) electrons. The molecular formula is C12H14Br2O2. The van der Waals surface area contributed by atoms with Crippen LogP contribution in [0.1, 0.15) is 12.8 Å². The molecule has 1 aromatic carbocycles. The van der Waals surface area contributed by atoms with Crippen LogP contribution in [0.5, 0.6) is 5.75 Å². The van der Waals surface area contributed by atoms with Crippen molar-refractivity contribution in [1.82, 2.24) is 0 Å². The lowest BCUT2D eigenvalue weighted by Crippen LogP contribution is -2.21. The zero-order valence-corrected chi connectivity index (χ0v) is 12.1. The molecule has 1 heterocycles. The van der Waals surface area contributed by atoms with Gasteiger partial charge in [0.05, 0.1) is 15.6 Å². The van der Waals surface area contributed by atoms with Crippen molar-refractivity contribution in [3.05, 3.63) is 27.1 Å². The first-order valence-corrected chi connectivity index (χ1v) is 7.00. The average molecular weight is 350 g/mol. The fraction of sp³-hybridized carbons (Fsp3) is 0.500. The molecule has 0 bridgehead atoms. The molecule has 0 aliphatic carbocycles. The van der Waals surface area contributed by atoms with E-state index in [4.69, 9.17) is 9.47 Å². The van der Waals surface area contributed by atoms with Crippen LogP contribution in [0.4, 0.5) is 0 Å². The van der Waals surface area contributed by atoms with Crippen molar-refractivity contribution < 1.29 is 9.47 Å². The van der Waals surface area contributed by atoms with Gasteiger partial charge < -0.3 is 9.47 Å². The molecule has 0 saturated carbocycles. The fourth-order valence-corrected chi connectivity index (χ4v) is 2.96. The Bertz CT molecular complexity index is 329. The van der Waals surface area contributed by atoms with Gasteiger partial charge in [-0.1, -0.05) is 6.07 Å². The van der Waals surface area contributed by atoms with E-state index < -0.39 is 0 Å². The first-order valence-electron chi connectivity index (χ1n) is 5.42. The zero-order valence-electron chi connectivity index (χ0n) is 8.92. The standard InChI is InChI=1S/C12H14Br2O2/c13-10-2-1-3-11(14)12(10)16-8-9-4-6-15-7-5-9/h1-3,9H,4-8H2. The van der Waals surface area contributed by atoms with Crippen molar-refractivity contribution in [2.45, 2.75) is 12.8 Å². The van der Waals surface area contributed by atoms with Gasteiger partial charge in [0.2, 0.25) is 0 Å². The summed E-state index contributed by atoms with van der Waals surface area (Å²) in [4.78, 5) is 0. The number of para-hydroxylation sites is 1. The summed E-state index contributed by atoms with van der Waals surface area (Å²) in [6, 6.07) is 5.96. The normalized spacial score (nSPS) is 17.4. The van der Waals surface area contributed by atoms with E-state index in [9.17, 15) is 0 Å². The Labute approximate surface area is 113 Å². The van der Waals surface area contributed by atoms with Gasteiger partial charge in [0.1, 0.15) is 5.75 Å². The van der Waals surface area contributed by atoms with E-state index in [0.29, 0.717) is 5.92 Å². The lowest BCUT2D eigenvalue weighted by atomic mass is 10.0. The molecule has 0 atom stereocenters. The quantitative estimate of drug-likeness (QED) is 0.820.